The summed E-state index contributed by atoms with van der Waals surface area (Å²) >= 11 is 6.29. The number of amides is 2. The van der Waals surface area contributed by atoms with Crippen LogP contribution < -0.4 is 16.2 Å². The molecule has 0 fully saturated rings. The molecule has 3 rings (SSSR count). The van der Waals surface area contributed by atoms with Gasteiger partial charge in [-0.3, -0.25) is 19.1 Å². The Morgan fingerprint density at radius 1 is 1.10 bits per heavy atom. The molecule has 9 heteroatoms. The van der Waals surface area contributed by atoms with Gasteiger partial charge in [0.05, 0.1) is 16.4 Å². The second-order valence-electron chi connectivity index (χ2n) is 7.05. The van der Waals surface area contributed by atoms with Crippen molar-refractivity contribution in [1.29, 1.82) is 0 Å². The normalized spacial score (nSPS) is 11.8. The first-order valence-corrected chi connectivity index (χ1v) is 9.64. The smallest absolute Gasteiger partial charge is 0.255 e. The molecule has 2 heterocycles. The molecule has 0 spiro atoms. The zero-order chi connectivity index (χ0) is 22.0. The van der Waals surface area contributed by atoms with E-state index in [0.29, 0.717) is 11.4 Å². The van der Waals surface area contributed by atoms with Crippen LogP contribution in [0.15, 0.2) is 47.4 Å². The van der Waals surface area contributed by atoms with Gasteiger partial charge in [-0.15, -0.1) is 0 Å². The van der Waals surface area contributed by atoms with Crippen LogP contribution in [0.5, 0.6) is 0 Å². The number of nitrogens with zero attached hydrogens (tertiary/aromatic N) is 3. The van der Waals surface area contributed by atoms with Gasteiger partial charge in [-0.25, -0.2) is 0 Å². The van der Waals surface area contributed by atoms with Crippen LogP contribution in [0.4, 0.5) is 11.4 Å². The average molecular weight is 428 g/mol. The minimum atomic E-state index is -0.519. The molecule has 0 aliphatic rings. The third-order valence-corrected chi connectivity index (χ3v) is 4.95. The lowest BCUT2D eigenvalue weighted by molar-refractivity contribution is -0.119. The fourth-order valence-corrected chi connectivity index (χ4v) is 3.20. The van der Waals surface area contributed by atoms with Gasteiger partial charge >= 0.3 is 0 Å². The quantitative estimate of drug-likeness (QED) is 0.652. The molecule has 0 aliphatic heterocycles. The molecular weight excluding hydrogens is 406 g/mol. The highest BCUT2D eigenvalue weighted by Gasteiger charge is 2.19. The monoisotopic (exact) mass is 427 g/mol. The Kier molecular flexibility index (Phi) is 6.07. The molecular formula is C21H22ClN5O3. The Balaban J connectivity index is 1.71. The van der Waals surface area contributed by atoms with Crippen molar-refractivity contribution in [2.45, 2.75) is 26.8 Å². The van der Waals surface area contributed by atoms with Crippen molar-refractivity contribution in [3.05, 3.63) is 74.9 Å². The fourth-order valence-electron chi connectivity index (χ4n) is 2.97. The average Bonchev–Trinajstić information content (AvgIpc) is 3.03. The number of pyridine rings is 1. The van der Waals surface area contributed by atoms with Gasteiger partial charge in [0.15, 0.2) is 0 Å². The molecule has 1 atom stereocenters. The molecule has 0 aliphatic carbocycles. The molecule has 3 aromatic rings. The van der Waals surface area contributed by atoms with Gasteiger partial charge in [-0.05, 0) is 51.1 Å². The number of halogens is 1. The van der Waals surface area contributed by atoms with Crippen molar-refractivity contribution < 1.29 is 9.59 Å². The van der Waals surface area contributed by atoms with Gasteiger partial charge < -0.3 is 15.2 Å². The molecule has 0 radical (unpaired) electrons. The van der Waals surface area contributed by atoms with Crippen molar-refractivity contribution in [1.82, 2.24) is 14.3 Å². The number of carbonyl (C=O) groups is 2. The van der Waals surface area contributed by atoms with E-state index >= 15 is 0 Å². The van der Waals surface area contributed by atoms with E-state index < -0.39 is 11.9 Å². The predicted molar refractivity (Wildman–Crippen MR) is 116 cm³/mol. The van der Waals surface area contributed by atoms with Crippen molar-refractivity contribution >= 4 is 34.8 Å². The van der Waals surface area contributed by atoms with Crippen LogP contribution in [0.1, 0.15) is 34.7 Å². The summed E-state index contributed by atoms with van der Waals surface area (Å²) in [7, 11) is 1.60. The van der Waals surface area contributed by atoms with E-state index in [2.05, 4.69) is 15.7 Å². The summed E-state index contributed by atoms with van der Waals surface area (Å²) in [5.74, 6) is -0.696. The van der Waals surface area contributed by atoms with Gasteiger partial charge in [-0.2, -0.15) is 5.10 Å². The highest BCUT2D eigenvalue weighted by molar-refractivity contribution is 6.34. The summed E-state index contributed by atoms with van der Waals surface area (Å²) in [4.78, 5) is 36.6. The van der Waals surface area contributed by atoms with E-state index in [0.717, 1.165) is 11.4 Å². The molecule has 156 valence electrons. The Bertz CT molecular complexity index is 1180. The summed E-state index contributed by atoms with van der Waals surface area (Å²) in [6.45, 7) is 5.50. The number of rotatable bonds is 5. The predicted octanol–water partition coefficient (Wildman–Crippen LogP) is 3.30. The summed E-state index contributed by atoms with van der Waals surface area (Å²) in [6, 6.07) is 8.94. The molecule has 30 heavy (non-hydrogen) atoms. The fraction of sp³-hybridized carbons (Fsp3) is 0.238. The number of nitrogens with one attached hydrogen (secondary N) is 2. The Morgan fingerprint density at radius 2 is 1.83 bits per heavy atom. The molecule has 8 nitrogen and oxygen atoms in total. The molecule has 1 aromatic carbocycles. The number of carbonyl (C=O) groups excluding carboxylic acids is 2. The molecule has 0 bridgehead atoms. The van der Waals surface area contributed by atoms with Crippen LogP contribution in [0.3, 0.4) is 0 Å². The highest BCUT2D eigenvalue weighted by atomic mass is 35.5. The summed E-state index contributed by atoms with van der Waals surface area (Å²) in [6.07, 6.45) is 1.52. The highest BCUT2D eigenvalue weighted by Crippen LogP contribution is 2.27. The van der Waals surface area contributed by atoms with Crippen LogP contribution in [-0.2, 0) is 11.8 Å². The van der Waals surface area contributed by atoms with Gasteiger partial charge in [0.1, 0.15) is 6.04 Å². The number of hydrogen-bond acceptors (Lipinski definition) is 4. The van der Waals surface area contributed by atoms with E-state index in [4.69, 9.17) is 11.6 Å². The van der Waals surface area contributed by atoms with Crippen molar-refractivity contribution in [3.8, 4) is 0 Å². The Hall–Kier alpha value is -3.39. The second-order valence-corrected chi connectivity index (χ2v) is 7.46. The maximum atomic E-state index is 12.6. The first kappa shape index (κ1) is 21.3. The molecule has 2 aromatic heterocycles. The van der Waals surface area contributed by atoms with Crippen LogP contribution in [0.2, 0.25) is 5.02 Å². The lowest BCUT2D eigenvalue weighted by Crippen LogP contribution is -2.25. The number of anilines is 2. The minimum Gasteiger partial charge on any atom is -0.323 e. The number of benzene rings is 1. The first-order chi connectivity index (χ1) is 14.2. The van der Waals surface area contributed by atoms with Crippen LogP contribution >= 0.6 is 11.6 Å². The summed E-state index contributed by atoms with van der Waals surface area (Å²) in [5, 5.41) is 10.1. The van der Waals surface area contributed by atoms with E-state index in [-0.39, 0.29) is 22.1 Å². The Morgan fingerprint density at radius 3 is 2.43 bits per heavy atom. The van der Waals surface area contributed by atoms with E-state index in [1.54, 1.807) is 36.9 Å². The third-order valence-electron chi connectivity index (χ3n) is 4.64. The van der Waals surface area contributed by atoms with Crippen LogP contribution in [0, 0.1) is 13.8 Å². The van der Waals surface area contributed by atoms with Gasteiger partial charge in [0.25, 0.3) is 11.5 Å². The summed E-state index contributed by atoms with van der Waals surface area (Å²) < 4.78 is 3.02. The van der Waals surface area contributed by atoms with E-state index in [9.17, 15) is 14.4 Å². The van der Waals surface area contributed by atoms with Gasteiger partial charge in [0.2, 0.25) is 5.91 Å². The lowest BCUT2D eigenvalue weighted by atomic mass is 10.2. The minimum absolute atomic E-state index is 0.241. The topological polar surface area (TPSA) is 98.0 Å². The van der Waals surface area contributed by atoms with Crippen LogP contribution in [0.25, 0.3) is 0 Å². The Labute approximate surface area is 178 Å². The first-order valence-electron chi connectivity index (χ1n) is 9.27. The van der Waals surface area contributed by atoms with Crippen molar-refractivity contribution in [3.63, 3.8) is 0 Å². The number of hydrogen-bond donors (Lipinski definition) is 2. The maximum Gasteiger partial charge on any atom is 0.255 e. The molecule has 0 saturated carbocycles. The van der Waals surface area contributed by atoms with Gasteiger partial charge in [-0.1, -0.05) is 11.6 Å². The van der Waals surface area contributed by atoms with Crippen molar-refractivity contribution in [2.75, 3.05) is 10.6 Å². The third kappa shape index (κ3) is 4.60. The van der Waals surface area contributed by atoms with Crippen LogP contribution in [-0.4, -0.2) is 26.2 Å². The maximum absolute atomic E-state index is 12.6. The number of aryl methyl sites for hydroxylation is 3. The zero-order valence-electron chi connectivity index (χ0n) is 17.1. The largest absolute Gasteiger partial charge is 0.323 e. The number of aromatic nitrogens is 3. The second kappa shape index (κ2) is 8.54. The lowest BCUT2D eigenvalue weighted by Gasteiger charge is -2.16. The van der Waals surface area contributed by atoms with Gasteiger partial charge in [0, 0.05) is 36.3 Å². The van der Waals surface area contributed by atoms with E-state index in [1.807, 2.05) is 19.9 Å². The molecule has 2 N–H and O–H groups in total. The van der Waals surface area contributed by atoms with E-state index in [1.165, 1.54) is 22.9 Å². The molecule has 1 unspecified atom stereocenters. The van der Waals surface area contributed by atoms with Crippen molar-refractivity contribution in [2.24, 2.45) is 7.05 Å². The summed E-state index contributed by atoms with van der Waals surface area (Å²) in [5.41, 5.74) is 2.54. The SMILES string of the molecule is Cc1cc(C)n(C(C)C(=O)Nc2ccc(NC(=O)c3ccn(C)c(=O)c3)cc2Cl)n1. The standard InChI is InChI=1S/C21H22ClN5O3/c1-12-9-13(2)27(25-12)14(3)20(29)24-18-6-5-16(11-17(18)22)23-21(30)15-7-8-26(4)19(28)10-15/h5-11,14H,1-4H3,(H,23,30)(H,24,29). The zero-order valence-corrected chi connectivity index (χ0v) is 17.8. The molecule has 0 saturated heterocycles. The molecule has 2 amide bonds.